The van der Waals surface area contributed by atoms with Gasteiger partial charge in [0, 0.05) is 19.0 Å². The largest absolute Gasteiger partial charge is 0.342 e. The van der Waals surface area contributed by atoms with Gasteiger partial charge in [-0.1, -0.05) is 29.8 Å². The van der Waals surface area contributed by atoms with Crippen LogP contribution in [0, 0.1) is 12.8 Å². The van der Waals surface area contributed by atoms with E-state index in [0.717, 1.165) is 31.5 Å². The summed E-state index contributed by atoms with van der Waals surface area (Å²) in [7, 11) is 0. The maximum Gasteiger partial charge on any atom is 0.226 e. The van der Waals surface area contributed by atoms with Crippen molar-refractivity contribution < 1.29 is 4.79 Å². The van der Waals surface area contributed by atoms with Crippen molar-refractivity contribution in [1.29, 1.82) is 0 Å². The second-order valence-electron chi connectivity index (χ2n) is 5.14. The van der Waals surface area contributed by atoms with Crippen LogP contribution in [0.2, 0.25) is 0 Å². The van der Waals surface area contributed by atoms with E-state index >= 15 is 0 Å². The Kier molecular flexibility index (Phi) is 4.65. The van der Waals surface area contributed by atoms with E-state index in [0.29, 0.717) is 18.2 Å². The van der Waals surface area contributed by atoms with Gasteiger partial charge in [0.05, 0.1) is 6.42 Å². The molecular formula is C15H20ClNO. The highest BCUT2D eigenvalue weighted by Crippen LogP contribution is 2.20. The summed E-state index contributed by atoms with van der Waals surface area (Å²) in [5, 5.41) is 0. The summed E-state index contributed by atoms with van der Waals surface area (Å²) in [4.78, 5) is 14.2. The van der Waals surface area contributed by atoms with Gasteiger partial charge >= 0.3 is 0 Å². The fraction of sp³-hybridized carbons (Fsp3) is 0.533. The van der Waals surface area contributed by atoms with E-state index < -0.39 is 0 Å². The fourth-order valence-corrected chi connectivity index (χ4v) is 2.87. The van der Waals surface area contributed by atoms with E-state index in [1.54, 1.807) is 0 Å². The van der Waals surface area contributed by atoms with Gasteiger partial charge in [-0.25, -0.2) is 0 Å². The fourth-order valence-electron chi connectivity index (χ4n) is 2.56. The van der Waals surface area contributed by atoms with Gasteiger partial charge in [0.25, 0.3) is 0 Å². The predicted octanol–water partition coefficient (Wildman–Crippen LogP) is 3.01. The average Bonchev–Trinajstić information content (AvgIpc) is 2.78. The summed E-state index contributed by atoms with van der Waals surface area (Å²) in [6.07, 6.45) is 2.65. The zero-order valence-electron chi connectivity index (χ0n) is 10.9. The first-order chi connectivity index (χ1) is 8.69. The van der Waals surface area contributed by atoms with Crippen molar-refractivity contribution in [2.75, 3.05) is 19.0 Å². The normalized spacial score (nSPS) is 19.2. The van der Waals surface area contributed by atoms with Crippen LogP contribution in [0.5, 0.6) is 0 Å². The van der Waals surface area contributed by atoms with Crippen molar-refractivity contribution in [3.05, 3.63) is 35.4 Å². The number of hydrogen-bond acceptors (Lipinski definition) is 1. The van der Waals surface area contributed by atoms with Gasteiger partial charge < -0.3 is 4.90 Å². The molecule has 1 saturated heterocycles. The van der Waals surface area contributed by atoms with E-state index in [1.165, 1.54) is 5.56 Å². The number of amides is 1. The summed E-state index contributed by atoms with van der Waals surface area (Å²) in [6.45, 7) is 3.84. The average molecular weight is 266 g/mol. The number of alkyl halides is 1. The molecule has 0 radical (unpaired) electrons. The van der Waals surface area contributed by atoms with Crippen LogP contribution in [0.1, 0.15) is 24.0 Å². The minimum absolute atomic E-state index is 0.248. The summed E-state index contributed by atoms with van der Waals surface area (Å²) in [6, 6.07) is 8.18. The van der Waals surface area contributed by atoms with Gasteiger partial charge in [0.2, 0.25) is 5.91 Å². The van der Waals surface area contributed by atoms with Crippen LogP contribution in [0.4, 0.5) is 0 Å². The number of rotatable bonds is 4. The molecule has 2 nitrogen and oxygen atoms in total. The number of halogens is 1. The molecular weight excluding hydrogens is 246 g/mol. The molecule has 1 atom stereocenters. The molecule has 1 amide bonds. The standard InChI is InChI=1S/C15H20ClNO/c1-12-3-2-4-14(9-12)10-15(18)17-8-6-13(11-17)5-7-16/h2-4,9,13H,5-8,10-11H2,1H3. The molecule has 0 saturated carbocycles. The Morgan fingerprint density at radius 1 is 1.50 bits per heavy atom. The lowest BCUT2D eigenvalue weighted by molar-refractivity contribution is -0.129. The van der Waals surface area contributed by atoms with Crippen LogP contribution in [0.25, 0.3) is 0 Å². The van der Waals surface area contributed by atoms with E-state index in [9.17, 15) is 4.79 Å². The van der Waals surface area contributed by atoms with E-state index in [-0.39, 0.29) is 5.91 Å². The number of nitrogens with zero attached hydrogens (tertiary/aromatic N) is 1. The molecule has 1 unspecified atom stereocenters. The van der Waals surface area contributed by atoms with Gasteiger partial charge in [-0.15, -0.1) is 11.6 Å². The Labute approximate surface area is 114 Å². The van der Waals surface area contributed by atoms with Crippen molar-refractivity contribution in [1.82, 2.24) is 4.90 Å². The minimum Gasteiger partial charge on any atom is -0.342 e. The van der Waals surface area contributed by atoms with E-state index in [2.05, 4.69) is 19.1 Å². The lowest BCUT2D eigenvalue weighted by atomic mass is 10.1. The molecule has 0 spiro atoms. The highest BCUT2D eigenvalue weighted by molar-refractivity contribution is 6.17. The summed E-state index contributed by atoms with van der Waals surface area (Å²) in [5.41, 5.74) is 2.32. The zero-order chi connectivity index (χ0) is 13.0. The second-order valence-corrected chi connectivity index (χ2v) is 5.52. The first kappa shape index (κ1) is 13.4. The molecule has 1 aromatic rings. The number of aryl methyl sites for hydroxylation is 1. The Bertz CT molecular complexity index is 419. The first-order valence-electron chi connectivity index (χ1n) is 6.58. The number of carbonyl (C=O) groups excluding carboxylic acids is 1. The Hall–Kier alpha value is -1.02. The summed E-state index contributed by atoms with van der Waals surface area (Å²) >= 11 is 5.75. The van der Waals surface area contributed by atoms with Crippen LogP contribution in [-0.4, -0.2) is 29.8 Å². The van der Waals surface area contributed by atoms with E-state index in [4.69, 9.17) is 11.6 Å². The predicted molar refractivity (Wildman–Crippen MR) is 74.9 cm³/mol. The third-order valence-electron chi connectivity index (χ3n) is 3.59. The van der Waals surface area contributed by atoms with Crippen molar-refractivity contribution in [3.8, 4) is 0 Å². The van der Waals surface area contributed by atoms with Gasteiger partial charge in [-0.3, -0.25) is 4.79 Å². The lowest BCUT2D eigenvalue weighted by Gasteiger charge is -2.16. The first-order valence-corrected chi connectivity index (χ1v) is 7.12. The number of carbonyl (C=O) groups is 1. The maximum atomic E-state index is 12.2. The maximum absolute atomic E-state index is 12.2. The molecule has 2 rings (SSSR count). The highest BCUT2D eigenvalue weighted by Gasteiger charge is 2.25. The SMILES string of the molecule is Cc1cccc(CC(=O)N2CCC(CCCl)C2)c1. The molecule has 1 aliphatic rings. The van der Waals surface area contributed by atoms with Gasteiger partial charge in [0.15, 0.2) is 0 Å². The highest BCUT2D eigenvalue weighted by atomic mass is 35.5. The topological polar surface area (TPSA) is 20.3 Å². The van der Waals surface area contributed by atoms with Crippen LogP contribution < -0.4 is 0 Å². The molecule has 0 aromatic heterocycles. The molecule has 1 aliphatic heterocycles. The molecule has 1 fully saturated rings. The molecule has 3 heteroatoms. The molecule has 98 valence electrons. The van der Waals surface area contributed by atoms with E-state index in [1.807, 2.05) is 17.0 Å². The Morgan fingerprint density at radius 2 is 2.33 bits per heavy atom. The van der Waals surface area contributed by atoms with Crippen LogP contribution in [0.3, 0.4) is 0 Å². The molecule has 18 heavy (non-hydrogen) atoms. The molecule has 0 aliphatic carbocycles. The van der Waals surface area contributed by atoms with Crippen LogP contribution >= 0.6 is 11.6 Å². The van der Waals surface area contributed by atoms with Crippen LogP contribution in [-0.2, 0) is 11.2 Å². The minimum atomic E-state index is 0.248. The lowest BCUT2D eigenvalue weighted by Crippen LogP contribution is -2.30. The zero-order valence-corrected chi connectivity index (χ0v) is 11.6. The Morgan fingerprint density at radius 3 is 3.06 bits per heavy atom. The smallest absolute Gasteiger partial charge is 0.226 e. The third-order valence-corrected chi connectivity index (χ3v) is 3.81. The second kappa shape index (κ2) is 6.24. The van der Waals surface area contributed by atoms with Crippen molar-refractivity contribution >= 4 is 17.5 Å². The monoisotopic (exact) mass is 265 g/mol. The number of hydrogen-bond donors (Lipinski definition) is 0. The molecule has 1 aromatic carbocycles. The van der Waals surface area contributed by atoms with Gasteiger partial charge in [-0.2, -0.15) is 0 Å². The van der Waals surface area contributed by atoms with Crippen molar-refractivity contribution in [2.45, 2.75) is 26.2 Å². The molecule has 0 N–H and O–H groups in total. The number of likely N-dealkylation sites (tertiary alicyclic amines) is 1. The van der Waals surface area contributed by atoms with Gasteiger partial charge in [0.1, 0.15) is 0 Å². The van der Waals surface area contributed by atoms with Crippen molar-refractivity contribution in [3.63, 3.8) is 0 Å². The summed E-state index contributed by atoms with van der Waals surface area (Å²) < 4.78 is 0. The quantitative estimate of drug-likeness (QED) is 0.767. The molecule has 0 bridgehead atoms. The Balaban J connectivity index is 1.89. The van der Waals surface area contributed by atoms with Crippen LogP contribution in [0.15, 0.2) is 24.3 Å². The third kappa shape index (κ3) is 3.49. The number of benzene rings is 1. The molecule has 1 heterocycles. The summed E-state index contributed by atoms with van der Waals surface area (Å²) in [5.74, 6) is 1.55. The van der Waals surface area contributed by atoms with Crippen molar-refractivity contribution in [2.24, 2.45) is 5.92 Å². The van der Waals surface area contributed by atoms with Gasteiger partial charge in [-0.05, 0) is 31.2 Å².